The van der Waals surface area contributed by atoms with Crippen molar-refractivity contribution in [2.75, 3.05) is 53.7 Å². The normalized spacial score (nSPS) is 9.91. The molecule has 4 N–H and O–H groups in total. The van der Waals surface area contributed by atoms with Gasteiger partial charge in [0, 0.05) is 6.54 Å². The smallest absolute Gasteiger partial charge is 0.407 e. The Morgan fingerprint density at radius 1 is 0.913 bits per heavy atom. The van der Waals surface area contributed by atoms with Crippen LogP contribution in [0.15, 0.2) is 0 Å². The molecule has 0 spiro atoms. The lowest BCUT2D eigenvalue weighted by Crippen LogP contribution is -2.44. The zero-order valence-electron chi connectivity index (χ0n) is 13.1. The Balaban J connectivity index is 4.17. The van der Waals surface area contributed by atoms with Gasteiger partial charge < -0.3 is 40.0 Å². The SMILES string of the molecule is COC(=O)NCC(CNC(=O)OC)OC(=O)NCCOCCO. The summed E-state index contributed by atoms with van der Waals surface area (Å²) < 4.78 is 18.8. The summed E-state index contributed by atoms with van der Waals surface area (Å²) in [7, 11) is 2.38. The van der Waals surface area contributed by atoms with Crippen LogP contribution in [0.25, 0.3) is 0 Å². The molecule has 3 amide bonds. The van der Waals surface area contributed by atoms with Gasteiger partial charge in [-0.3, -0.25) is 0 Å². The summed E-state index contributed by atoms with van der Waals surface area (Å²) in [5, 5.41) is 15.6. The molecule has 0 atom stereocenters. The minimum atomic E-state index is -0.827. The van der Waals surface area contributed by atoms with Crippen molar-refractivity contribution in [3.63, 3.8) is 0 Å². The maximum atomic E-state index is 11.6. The van der Waals surface area contributed by atoms with Gasteiger partial charge in [-0.25, -0.2) is 14.4 Å². The van der Waals surface area contributed by atoms with E-state index in [1.165, 1.54) is 14.2 Å². The van der Waals surface area contributed by atoms with E-state index in [0.717, 1.165) is 0 Å². The van der Waals surface area contributed by atoms with Gasteiger partial charge in [-0.1, -0.05) is 0 Å². The first kappa shape index (κ1) is 20.7. The van der Waals surface area contributed by atoms with Crippen molar-refractivity contribution in [2.45, 2.75) is 6.10 Å². The molecule has 0 saturated heterocycles. The van der Waals surface area contributed by atoms with Crippen LogP contribution in [0.1, 0.15) is 0 Å². The number of hydrogen-bond donors (Lipinski definition) is 4. The van der Waals surface area contributed by atoms with Gasteiger partial charge in [0.15, 0.2) is 0 Å². The number of nitrogens with one attached hydrogen (secondary N) is 3. The fraction of sp³-hybridized carbons (Fsp3) is 0.750. The largest absolute Gasteiger partial charge is 0.453 e. The van der Waals surface area contributed by atoms with E-state index in [9.17, 15) is 14.4 Å². The molecule has 0 aromatic rings. The number of carbonyl (C=O) groups excluding carboxylic acids is 3. The number of ether oxygens (including phenoxy) is 4. The molecule has 0 aromatic heterocycles. The molecule has 0 aromatic carbocycles. The highest BCUT2D eigenvalue weighted by Gasteiger charge is 2.17. The van der Waals surface area contributed by atoms with Crippen LogP contribution >= 0.6 is 0 Å². The maximum absolute atomic E-state index is 11.6. The van der Waals surface area contributed by atoms with Crippen molar-refractivity contribution in [2.24, 2.45) is 0 Å². The zero-order valence-corrected chi connectivity index (χ0v) is 13.1. The van der Waals surface area contributed by atoms with Gasteiger partial charge in [0.2, 0.25) is 0 Å². The average molecular weight is 337 g/mol. The molecule has 0 aliphatic heterocycles. The highest BCUT2D eigenvalue weighted by molar-refractivity contribution is 5.69. The number of hydrogen-bond acceptors (Lipinski definition) is 8. The third-order valence-corrected chi connectivity index (χ3v) is 2.34. The molecule has 23 heavy (non-hydrogen) atoms. The second kappa shape index (κ2) is 13.4. The molecular weight excluding hydrogens is 314 g/mol. The van der Waals surface area contributed by atoms with Crippen molar-refractivity contribution in [3.8, 4) is 0 Å². The molecular formula is C12H23N3O8. The Morgan fingerprint density at radius 2 is 1.48 bits per heavy atom. The second-order valence-electron chi connectivity index (χ2n) is 4.04. The molecule has 0 bridgehead atoms. The molecule has 0 heterocycles. The van der Waals surface area contributed by atoms with E-state index in [-0.39, 0.29) is 39.5 Å². The standard InChI is InChI=1S/C12H23N3O8/c1-20-10(17)14-7-9(8-15-11(18)21-2)23-12(19)13-3-5-22-6-4-16/h9,16H,3-8H2,1-2H3,(H,13,19)(H,14,17)(H,15,18). The minimum absolute atomic E-state index is 0.0644. The molecule has 11 heteroatoms. The van der Waals surface area contributed by atoms with Gasteiger partial charge in [0.05, 0.1) is 47.1 Å². The third kappa shape index (κ3) is 12.0. The Kier molecular flexibility index (Phi) is 12.1. The van der Waals surface area contributed by atoms with Crippen LogP contribution < -0.4 is 16.0 Å². The van der Waals surface area contributed by atoms with Crippen molar-refractivity contribution < 1.29 is 38.4 Å². The maximum Gasteiger partial charge on any atom is 0.407 e. The molecule has 0 rings (SSSR count). The number of aliphatic hydroxyl groups excluding tert-OH is 1. The van der Waals surface area contributed by atoms with Crippen molar-refractivity contribution in [3.05, 3.63) is 0 Å². The summed E-state index contributed by atoms with van der Waals surface area (Å²) in [5.41, 5.74) is 0. The van der Waals surface area contributed by atoms with Crippen molar-refractivity contribution in [1.82, 2.24) is 16.0 Å². The third-order valence-electron chi connectivity index (χ3n) is 2.34. The van der Waals surface area contributed by atoms with E-state index >= 15 is 0 Å². The minimum Gasteiger partial charge on any atom is -0.453 e. The Morgan fingerprint density at radius 3 is 1.96 bits per heavy atom. The number of amides is 3. The summed E-state index contributed by atoms with van der Waals surface area (Å²) in [6.07, 6.45) is -2.98. The fourth-order valence-corrected chi connectivity index (χ4v) is 1.28. The first-order valence-corrected chi connectivity index (χ1v) is 6.80. The van der Waals surface area contributed by atoms with Crippen molar-refractivity contribution in [1.29, 1.82) is 0 Å². The second-order valence-corrected chi connectivity index (χ2v) is 4.04. The van der Waals surface area contributed by atoms with E-state index in [1.807, 2.05) is 0 Å². The van der Waals surface area contributed by atoms with Gasteiger partial charge in [-0.05, 0) is 0 Å². The molecule has 0 fully saturated rings. The molecule has 0 unspecified atom stereocenters. The zero-order chi connectivity index (χ0) is 17.5. The number of methoxy groups -OCH3 is 2. The van der Waals surface area contributed by atoms with Gasteiger partial charge in [-0.2, -0.15) is 0 Å². The summed E-state index contributed by atoms with van der Waals surface area (Å²) in [4.78, 5) is 33.6. The van der Waals surface area contributed by atoms with E-state index < -0.39 is 24.4 Å². The number of aliphatic hydroxyl groups is 1. The molecule has 0 saturated carbocycles. The topological polar surface area (TPSA) is 144 Å². The quantitative estimate of drug-likeness (QED) is 0.287. The number of rotatable bonds is 10. The summed E-state index contributed by atoms with van der Waals surface area (Å²) in [6.45, 7) is 0.328. The van der Waals surface area contributed by atoms with Gasteiger partial charge in [0.25, 0.3) is 0 Å². The predicted octanol–water partition coefficient (Wildman–Crippen LogP) is -1.20. The molecule has 0 radical (unpaired) electrons. The van der Waals surface area contributed by atoms with Gasteiger partial charge in [-0.15, -0.1) is 0 Å². The van der Waals surface area contributed by atoms with E-state index in [0.29, 0.717) is 0 Å². The lowest BCUT2D eigenvalue weighted by atomic mass is 10.3. The first-order chi connectivity index (χ1) is 11.0. The van der Waals surface area contributed by atoms with E-state index in [4.69, 9.17) is 14.6 Å². The van der Waals surface area contributed by atoms with E-state index in [2.05, 4.69) is 25.4 Å². The van der Waals surface area contributed by atoms with Crippen molar-refractivity contribution >= 4 is 18.3 Å². The Hall–Kier alpha value is -2.27. The van der Waals surface area contributed by atoms with Gasteiger partial charge >= 0.3 is 18.3 Å². The van der Waals surface area contributed by atoms with Crippen LogP contribution in [0.2, 0.25) is 0 Å². The lowest BCUT2D eigenvalue weighted by Gasteiger charge is -2.18. The van der Waals surface area contributed by atoms with Crippen LogP contribution in [-0.2, 0) is 18.9 Å². The Bertz CT molecular complexity index is 346. The van der Waals surface area contributed by atoms with Crippen LogP contribution in [0, 0.1) is 0 Å². The van der Waals surface area contributed by atoms with Crippen LogP contribution in [0.4, 0.5) is 14.4 Å². The summed E-state index contributed by atoms with van der Waals surface area (Å²) >= 11 is 0. The summed E-state index contributed by atoms with van der Waals surface area (Å²) in [5.74, 6) is 0. The van der Waals surface area contributed by atoms with Crippen LogP contribution in [0.3, 0.4) is 0 Å². The predicted molar refractivity (Wildman–Crippen MR) is 77.0 cm³/mol. The average Bonchev–Trinajstić information content (AvgIpc) is 2.56. The summed E-state index contributed by atoms with van der Waals surface area (Å²) in [6, 6.07) is 0. The highest BCUT2D eigenvalue weighted by atomic mass is 16.6. The number of alkyl carbamates (subject to hydrolysis) is 3. The first-order valence-electron chi connectivity index (χ1n) is 6.80. The molecule has 134 valence electrons. The lowest BCUT2D eigenvalue weighted by molar-refractivity contribution is 0.0784. The number of carbonyl (C=O) groups is 3. The molecule has 0 aliphatic carbocycles. The molecule has 0 aliphatic rings. The molecule has 11 nitrogen and oxygen atoms in total. The van der Waals surface area contributed by atoms with Gasteiger partial charge in [0.1, 0.15) is 6.10 Å². The van der Waals surface area contributed by atoms with E-state index in [1.54, 1.807) is 0 Å². The Labute approximate surface area is 133 Å². The van der Waals surface area contributed by atoms with Crippen LogP contribution in [-0.4, -0.2) is 83.2 Å². The van der Waals surface area contributed by atoms with Crippen LogP contribution in [0.5, 0.6) is 0 Å². The highest BCUT2D eigenvalue weighted by Crippen LogP contribution is 1.92. The monoisotopic (exact) mass is 337 g/mol. The fourth-order valence-electron chi connectivity index (χ4n) is 1.28.